The van der Waals surface area contributed by atoms with Crippen LogP contribution in [0.3, 0.4) is 0 Å². The number of hydrogen-bond donors (Lipinski definition) is 2. The van der Waals surface area contributed by atoms with Gasteiger partial charge in [0.2, 0.25) is 0 Å². The van der Waals surface area contributed by atoms with E-state index in [-0.39, 0.29) is 17.3 Å². The SMILES string of the molecule is Cc1cc(NS(=O)(=O)c2ccc(CO)cc2)ncc1Br. The minimum Gasteiger partial charge on any atom is -0.392 e. The van der Waals surface area contributed by atoms with Crippen molar-refractivity contribution in [2.24, 2.45) is 0 Å². The van der Waals surface area contributed by atoms with Gasteiger partial charge >= 0.3 is 0 Å². The Kier molecular flexibility index (Phi) is 4.42. The number of rotatable bonds is 4. The molecule has 0 unspecified atom stereocenters. The largest absolute Gasteiger partial charge is 0.392 e. The summed E-state index contributed by atoms with van der Waals surface area (Å²) in [4.78, 5) is 4.13. The van der Waals surface area contributed by atoms with Crippen molar-refractivity contribution in [3.63, 3.8) is 0 Å². The number of aromatic nitrogens is 1. The van der Waals surface area contributed by atoms with Gasteiger partial charge in [-0.05, 0) is 52.2 Å². The molecular weight excluding hydrogens is 344 g/mol. The van der Waals surface area contributed by atoms with Crippen molar-refractivity contribution in [3.05, 3.63) is 52.1 Å². The third-order valence-corrected chi connectivity index (χ3v) is 4.90. The molecule has 0 aliphatic carbocycles. The highest BCUT2D eigenvalue weighted by Gasteiger charge is 2.15. The number of nitrogens with one attached hydrogen (secondary N) is 1. The average molecular weight is 357 g/mol. The molecule has 0 fully saturated rings. The van der Waals surface area contributed by atoms with Gasteiger partial charge in [-0.25, -0.2) is 13.4 Å². The van der Waals surface area contributed by atoms with Gasteiger partial charge in [0, 0.05) is 10.7 Å². The molecule has 20 heavy (non-hydrogen) atoms. The lowest BCUT2D eigenvalue weighted by molar-refractivity contribution is 0.282. The molecule has 7 heteroatoms. The van der Waals surface area contributed by atoms with Gasteiger partial charge in [0.25, 0.3) is 10.0 Å². The number of aryl methyl sites for hydroxylation is 1. The Bertz CT molecular complexity index is 715. The molecule has 0 atom stereocenters. The molecule has 2 N–H and O–H groups in total. The summed E-state index contributed by atoms with van der Waals surface area (Å²) in [6, 6.07) is 7.66. The zero-order chi connectivity index (χ0) is 14.8. The van der Waals surface area contributed by atoms with Gasteiger partial charge in [0.1, 0.15) is 5.82 Å². The Hall–Kier alpha value is -1.44. The smallest absolute Gasteiger partial charge is 0.263 e. The molecule has 5 nitrogen and oxygen atoms in total. The van der Waals surface area contributed by atoms with E-state index in [4.69, 9.17) is 5.11 Å². The first-order valence-corrected chi connectivity index (χ1v) is 8.05. The molecule has 2 aromatic rings. The summed E-state index contributed by atoms with van der Waals surface area (Å²) in [5.74, 6) is 0.261. The quantitative estimate of drug-likeness (QED) is 0.881. The van der Waals surface area contributed by atoms with Gasteiger partial charge in [-0.3, -0.25) is 4.72 Å². The number of anilines is 1. The molecule has 0 spiro atoms. The van der Waals surface area contributed by atoms with E-state index in [1.165, 1.54) is 12.1 Å². The van der Waals surface area contributed by atoms with Gasteiger partial charge < -0.3 is 5.11 Å². The molecular formula is C13H13BrN2O3S. The first-order valence-electron chi connectivity index (χ1n) is 5.77. The van der Waals surface area contributed by atoms with E-state index in [1.807, 2.05) is 6.92 Å². The zero-order valence-corrected chi connectivity index (χ0v) is 13.1. The number of sulfonamides is 1. The summed E-state index contributed by atoms with van der Waals surface area (Å²) in [6.07, 6.45) is 1.54. The summed E-state index contributed by atoms with van der Waals surface area (Å²) in [7, 11) is -3.68. The summed E-state index contributed by atoms with van der Waals surface area (Å²) in [5, 5.41) is 8.94. The van der Waals surface area contributed by atoms with Crippen LogP contribution in [0, 0.1) is 6.92 Å². The maximum Gasteiger partial charge on any atom is 0.263 e. The second-order valence-corrected chi connectivity index (χ2v) is 6.76. The fraction of sp³-hybridized carbons (Fsp3) is 0.154. The number of halogens is 1. The average Bonchev–Trinajstić information content (AvgIpc) is 2.43. The van der Waals surface area contributed by atoms with Crippen LogP contribution in [0.25, 0.3) is 0 Å². The molecule has 0 saturated heterocycles. The molecule has 0 aliphatic rings. The monoisotopic (exact) mass is 356 g/mol. The minimum absolute atomic E-state index is 0.122. The highest BCUT2D eigenvalue weighted by atomic mass is 79.9. The zero-order valence-electron chi connectivity index (χ0n) is 10.7. The Morgan fingerprint density at radius 1 is 1.30 bits per heavy atom. The summed E-state index contributed by atoms with van der Waals surface area (Å²) in [6.45, 7) is 1.72. The van der Waals surface area contributed by atoms with E-state index in [2.05, 4.69) is 25.6 Å². The van der Waals surface area contributed by atoms with Crippen LogP contribution < -0.4 is 4.72 Å². The Balaban J connectivity index is 2.27. The van der Waals surface area contributed by atoms with Crippen molar-refractivity contribution in [1.29, 1.82) is 0 Å². The lowest BCUT2D eigenvalue weighted by atomic mass is 10.2. The van der Waals surface area contributed by atoms with E-state index in [9.17, 15) is 8.42 Å². The summed E-state index contributed by atoms with van der Waals surface area (Å²) < 4.78 is 27.6. The van der Waals surface area contributed by atoms with Crippen LogP contribution >= 0.6 is 15.9 Å². The number of pyridine rings is 1. The predicted octanol–water partition coefficient (Wildman–Crippen LogP) is 2.45. The second-order valence-electron chi connectivity index (χ2n) is 4.23. The maximum absolute atomic E-state index is 12.2. The Labute approximate surface area is 125 Å². The predicted molar refractivity (Wildman–Crippen MR) is 79.8 cm³/mol. The highest BCUT2D eigenvalue weighted by molar-refractivity contribution is 9.10. The lowest BCUT2D eigenvalue weighted by Crippen LogP contribution is -2.14. The first-order chi connectivity index (χ1) is 9.42. The lowest BCUT2D eigenvalue weighted by Gasteiger charge is -2.09. The number of nitrogens with zero attached hydrogens (tertiary/aromatic N) is 1. The second kappa shape index (κ2) is 5.90. The van der Waals surface area contributed by atoms with Crippen LogP contribution in [0.5, 0.6) is 0 Å². The van der Waals surface area contributed by atoms with Crippen molar-refractivity contribution < 1.29 is 13.5 Å². The fourth-order valence-corrected chi connectivity index (χ4v) is 2.78. The van der Waals surface area contributed by atoms with Crippen LogP contribution in [-0.4, -0.2) is 18.5 Å². The van der Waals surface area contributed by atoms with Gasteiger partial charge in [-0.15, -0.1) is 0 Å². The molecule has 1 aromatic carbocycles. The molecule has 0 amide bonds. The van der Waals surface area contributed by atoms with Crippen LogP contribution in [0.15, 0.2) is 45.9 Å². The third-order valence-electron chi connectivity index (χ3n) is 2.70. The number of aliphatic hydroxyl groups is 1. The Morgan fingerprint density at radius 3 is 2.50 bits per heavy atom. The Morgan fingerprint density at radius 2 is 1.95 bits per heavy atom. The molecule has 2 rings (SSSR count). The maximum atomic E-state index is 12.2. The summed E-state index contributed by atoms with van der Waals surface area (Å²) in [5.41, 5.74) is 1.54. The van der Waals surface area contributed by atoms with Crippen molar-refractivity contribution >= 4 is 31.8 Å². The van der Waals surface area contributed by atoms with E-state index in [1.54, 1.807) is 24.4 Å². The van der Waals surface area contributed by atoms with Crippen LogP contribution in [0.1, 0.15) is 11.1 Å². The molecule has 0 aliphatic heterocycles. The number of benzene rings is 1. The van der Waals surface area contributed by atoms with Crippen LogP contribution in [-0.2, 0) is 16.6 Å². The van der Waals surface area contributed by atoms with E-state index in [0.29, 0.717) is 5.56 Å². The summed E-state index contributed by atoms with van der Waals surface area (Å²) >= 11 is 3.31. The van der Waals surface area contributed by atoms with Gasteiger partial charge in [0.15, 0.2) is 0 Å². The molecule has 0 bridgehead atoms. The van der Waals surface area contributed by atoms with E-state index in [0.717, 1.165) is 10.0 Å². The van der Waals surface area contributed by atoms with Crippen molar-refractivity contribution in [2.45, 2.75) is 18.4 Å². The molecule has 0 radical (unpaired) electrons. The molecule has 1 aromatic heterocycles. The van der Waals surface area contributed by atoms with Crippen LogP contribution in [0.4, 0.5) is 5.82 Å². The van der Waals surface area contributed by atoms with Gasteiger partial charge in [0.05, 0.1) is 11.5 Å². The van der Waals surface area contributed by atoms with Crippen molar-refractivity contribution in [3.8, 4) is 0 Å². The molecule has 1 heterocycles. The fourth-order valence-electron chi connectivity index (χ4n) is 1.57. The topological polar surface area (TPSA) is 79.3 Å². The van der Waals surface area contributed by atoms with E-state index >= 15 is 0 Å². The standard InChI is InChI=1S/C13H13BrN2O3S/c1-9-6-13(15-7-12(9)14)16-20(18,19)11-4-2-10(8-17)3-5-11/h2-7,17H,8H2,1H3,(H,15,16). The number of hydrogen-bond acceptors (Lipinski definition) is 4. The van der Waals surface area contributed by atoms with E-state index < -0.39 is 10.0 Å². The normalized spacial score (nSPS) is 11.3. The molecule has 0 saturated carbocycles. The highest BCUT2D eigenvalue weighted by Crippen LogP contribution is 2.20. The van der Waals surface area contributed by atoms with Crippen LogP contribution in [0.2, 0.25) is 0 Å². The van der Waals surface area contributed by atoms with Gasteiger partial charge in [-0.2, -0.15) is 0 Å². The third kappa shape index (κ3) is 3.36. The van der Waals surface area contributed by atoms with Crippen molar-refractivity contribution in [1.82, 2.24) is 4.98 Å². The van der Waals surface area contributed by atoms with Crippen molar-refractivity contribution in [2.75, 3.05) is 4.72 Å². The molecule has 106 valence electrons. The van der Waals surface area contributed by atoms with Gasteiger partial charge in [-0.1, -0.05) is 12.1 Å². The number of aliphatic hydroxyl groups excluding tert-OH is 1. The first kappa shape index (κ1) is 15.0. The minimum atomic E-state index is -3.68.